The van der Waals surface area contributed by atoms with E-state index in [1.807, 2.05) is 0 Å². The number of hydrogen-bond acceptors (Lipinski definition) is 4. The summed E-state index contributed by atoms with van der Waals surface area (Å²) in [7, 11) is 2.16. The number of aromatic nitrogens is 1. The van der Waals surface area contributed by atoms with Crippen LogP contribution in [0.5, 0.6) is 0 Å². The average Bonchev–Trinajstić information content (AvgIpc) is 2.44. The summed E-state index contributed by atoms with van der Waals surface area (Å²) >= 11 is 0. The smallest absolute Gasteiger partial charge is 0.251 e. The fourth-order valence-corrected chi connectivity index (χ4v) is 2.67. The largest absolute Gasteiger partial charge is 0.330 e. The summed E-state index contributed by atoms with van der Waals surface area (Å²) in [5, 5.41) is 0. The highest BCUT2D eigenvalue weighted by molar-refractivity contribution is 5.23. The monoisotopic (exact) mass is 278 g/mol. The third kappa shape index (κ3) is 4.16. The van der Waals surface area contributed by atoms with Crippen LogP contribution in [0.3, 0.4) is 0 Å². The number of nitrogens with zero attached hydrogens (tertiary/aromatic N) is 2. The summed E-state index contributed by atoms with van der Waals surface area (Å²) in [5.41, 5.74) is 7.72. The van der Waals surface area contributed by atoms with E-state index in [0.717, 1.165) is 57.5 Å². The Balaban J connectivity index is 2.02. The second-order valence-corrected chi connectivity index (χ2v) is 5.64. The summed E-state index contributed by atoms with van der Waals surface area (Å²) in [4.78, 5) is 19.6. The molecule has 0 saturated carbocycles. The molecule has 0 unspecified atom stereocenters. The molecule has 1 aromatic rings. The Kier molecular flexibility index (Phi) is 5.76. The van der Waals surface area contributed by atoms with E-state index in [9.17, 15) is 4.79 Å². The van der Waals surface area contributed by atoms with Crippen molar-refractivity contribution in [3.8, 4) is 0 Å². The van der Waals surface area contributed by atoms with E-state index in [2.05, 4.69) is 27.9 Å². The first-order valence-electron chi connectivity index (χ1n) is 7.51. The minimum Gasteiger partial charge on any atom is -0.330 e. The van der Waals surface area contributed by atoms with Crippen LogP contribution in [0.4, 0.5) is 0 Å². The molecule has 0 atom stereocenters. The topological polar surface area (TPSA) is 65.4 Å². The summed E-state index contributed by atoms with van der Waals surface area (Å²) in [6, 6.07) is 2.05. The maximum atomic E-state index is 12.0. The standard InChI is InChI=1S/C15H26N4O/c1-18-8-10-19(11-9-18)12-13-5-7-17-15(20)14(13)4-2-3-6-16/h5,7H,2-4,6,8-12,16H2,1H3,(H,17,20). The summed E-state index contributed by atoms with van der Waals surface area (Å²) < 4.78 is 0. The number of nitrogens with two attached hydrogens (primary N) is 1. The Morgan fingerprint density at radius 1 is 1.25 bits per heavy atom. The molecule has 0 spiro atoms. The number of H-pyrrole nitrogens is 1. The van der Waals surface area contributed by atoms with Crippen molar-refractivity contribution in [3.05, 3.63) is 33.7 Å². The fraction of sp³-hybridized carbons (Fsp3) is 0.667. The number of likely N-dealkylation sites (N-methyl/N-ethyl adjacent to an activating group) is 1. The predicted molar refractivity (Wildman–Crippen MR) is 81.8 cm³/mol. The van der Waals surface area contributed by atoms with Crippen molar-refractivity contribution in [2.24, 2.45) is 5.73 Å². The third-order valence-electron chi connectivity index (χ3n) is 4.03. The number of hydrogen-bond donors (Lipinski definition) is 2. The van der Waals surface area contributed by atoms with E-state index in [1.54, 1.807) is 6.20 Å². The van der Waals surface area contributed by atoms with Gasteiger partial charge in [-0.2, -0.15) is 0 Å². The van der Waals surface area contributed by atoms with Gasteiger partial charge in [0.05, 0.1) is 0 Å². The number of unbranched alkanes of at least 4 members (excludes halogenated alkanes) is 1. The van der Waals surface area contributed by atoms with E-state index in [0.29, 0.717) is 6.54 Å². The van der Waals surface area contributed by atoms with Crippen molar-refractivity contribution in [2.45, 2.75) is 25.8 Å². The molecule has 0 amide bonds. The van der Waals surface area contributed by atoms with E-state index >= 15 is 0 Å². The Morgan fingerprint density at radius 3 is 2.70 bits per heavy atom. The molecule has 2 heterocycles. The molecule has 3 N–H and O–H groups in total. The van der Waals surface area contributed by atoms with E-state index in [-0.39, 0.29) is 5.56 Å². The number of nitrogens with one attached hydrogen (secondary N) is 1. The molecular weight excluding hydrogens is 252 g/mol. The van der Waals surface area contributed by atoms with Crippen LogP contribution in [0.1, 0.15) is 24.0 Å². The Morgan fingerprint density at radius 2 is 2.00 bits per heavy atom. The molecule has 0 bridgehead atoms. The first kappa shape index (κ1) is 15.2. The minimum absolute atomic E-state index is 0.0636. The van der Waals surface area contributed by atoms with Gasteiger partial charge in [0.1, 0.15) is 0 Å². The summed E-state index contributed by atoms with van der Waals surface area (Å²) in [6.45, 7) is 5.93. The first-order valence-corrected chi connectivity index (χ1v) is 7.51. The molecule has 1 aliphatic heterocycles. The van der Waals surface area contributed by atoms with Crippen molar-refractivity contribution in [3.63, 3.8) is 0 Å². The lowest BCUT2D eigenvalue weighted by Crippen LogP contribution is -2.44. The zero-order chi connectivity index (χ0) is 14.4. The van der Waals surface area contributed by atoms with E-state index in [1.165, 1.54) is 5.56 Å². The highest BCUT2D eigenvalue weighted by Gasteiger charge is 2.16. The quantitative estimate of drug-likeness (QED) is 0.740. The number of rotatable bonds is 6. The average molecular weight is 278 g/mol. The van der Waals surface area contributed by atoms with Gasteiger partial charge in [-0.15, -0.1) is 0 Å². The van der Waals surface area contributed by atoms with Gasteiger partial charge in [-0.1, -0.05) is 0 Å². The summed E-state index contributed by atoms with van der Waals surface area (Å²) in [5.74, 6) is 0. The SMILES string of the molecule is CN1CCN(Cc2cc[nH]c(=O)c2CCCCN)CC1. The highest BCUT2D eigenvalue weighted by atomic mass is 16.1. The van der Waals surface area contributed by atoms with Gasteiger partial charge in [0.25, 0.3) is 5.56 Å². The lowest BCUT2D eigenvalue weighted by molar-refractivity contribution is 0.148. The van der Waals surface area contributed by atoms with Gasteiger partial charge in [-0.05, 0) is 44.5 Å². The molecule has 0 radical (unpaired) electrons. The Bertz CT molecular complexity index is 463. The normalized spacial score (nSPS) is 17.5. The van der Waals surface area contributed by atoms with Crippen molar-refractivity contribution in [2.75, 3.05) is 39.8 Å². The molecule has 5 nitrogen and oxygen atoms in total. The van der Waals surface area contributed by atoms with Gasteiger partial charge < -0.3 is 15.6 Å². The maximum absolute atomic E-state index is 12.0. The predicted octanol–water partition coefficient (Wildman–Crippen LogP) is 0.404. The van der Waals surface area contributed by atoms with Crippen LogP contribution in [0.15, 0.2) is 17.1 Å². The van der Waals surface area contributed by atoms with Crippen LogP contribution in [0, 0.1) is 0 Å². The van der Waals surface area contributed by atoms with Crippen molar-refractivity contribution in [1.29, 1.82) is 0 Å². The molecule has 0 aliphatic carbocycles. The van der Waals surface area contributed by atoms with Crippen LogP contribution in [0.2, 0.25) is 0 Å². The lowest BCUT2D eigenvalue weighted by atomic mass is 10.0. The Hall–Kier alpha value is -1.17. The second-order valence-electron chi connectivity index (χ2n) is 5.64. The molecule has 112 valence electrons. The van der Waals surface area contributed by atoms with Gasteiger partial charge in [0.2, 0.25) is 0 Å². The molecule has 1 aliphatic rings. The molecule has 1 aromatic heterocycles. The number of aromatic amines is 1. The Labute approximate surface area is 120 Å². The number of pyridine rings is 1. The maximum Gasteiger partial charge on any atom is 0.251 e. The van der Waals surface area contributed by atoms with Crippen LogP contribution in [-0.4, -0.2) is 54.6 Å². The van der Waals surface area contributed by atoms with Crippen LogP contribution < -0.4 is 11.3 Å². The van der Waals surface area contributed by atoms with Gasteiger partial charge >= 0.3 is 0 Å². The molecule has 2 rings (SSSR count). The van der Waals surface area contributed by atoms with Crippen LogP contribution in [-0.2, 0) is 13.0 Å². The second kappa shape index (κ2) is 7.57. The van der Waals surface area contributed by atoms with Crippen molar-refractivity contribution >= 4 is 0 Å². The molecule has 5 heteroatoms. The number of piperazine rings is 1. The van der Waals surface area contributed by atoms with E-state index in [4.69, 9.17) is 5.73 Å². The van der Waals surface area contributed by atoms with Crippen LogP contribution in [0.25, 0.3) is 0 Å². The van der Waals surface area contributed by atoms with Gasteiger partial charge in [0, 0.05) is 44.5 Å². The van der Waals surface area contributed by atoms with Gasteiger partial charge in [-0.3, -0.25) is 9.69 Å². The van der Waals surface area contributed by atoms with Crippen molar-refractivity contribution < 1.29 is 0 Å². The van der Waals surface area contributed by atoms with Gasteiger partial charge in [-0.25, -0.2) is 0 Å². The highest BCUT2D eigenvalue weighted by Crippen LogP contribution is 2.12. The molecule has 20 heavy (non-hydrogen) atoms. The molecular formula is C15H26N4O. The molecule has 1 saturated heterocycles. The first-order chi connectivity index (χ1) is 9.70. The summed E-state index contributed by atoms with van der Waals surface area (Å²) in [6.07, 6.45) is 4.55. The molecule has 1 fully saturated rings. The molecule has 0 aromatic carbocycles. The third-order valence-corrected chi connectivity index (χ3v) is 4.03. The zero-order valence-corrected chi connectivity index (χ0v) is 12.4. The van der Waals surface area contributed by atoms with Crippen LogP contribution >= 0.6 is 0 Å². The van der Waals surface area contributed by atoms with E-state index < -0.39 is 0 Å². The van der Waals surface area contributed by atoms with Crippen molar-refractivity contribution in [1.82, 2.24) is 14.8 Å². The fourth-order valence-electron chi connectivity index (χ4n) is 2.67. The lowest BCUT2D eigenvalue weighted by Gasteiger charge is -2.32. The van der Waals surface area contributed by atoms with Gasteiger partial charge in [0.15, 0.2) is 0 Å². The minimum atomic E-state index is 0.0636. The zero-order valence-electron chi connectivity index (χ0n) is 12.4.